The van der Waals surface area contributed by atoms with Crippen LogP contribution in [0.15, 0.2) is 48.5 Å². The maximum absolute atomic E-state index is 12.9. The molecule has 2 rings (SSSR count). The van der Waals surface area contributed by atoms with E-state index in [1.54, 1.807) is 12.1 Å². The Morgan fingerprint density at radius 2 is 1.58 bits per heavy atom. The Morgan fingerprint density at radius 3 is 2.12 bits per heavy atom. The van der Waals surface area contributed by atoms with Crippen LogP contribution in [0.25, 0.3) is 0 Å². The minimum Gasteiger partial charge on any atom is -0.478 e. The summed E-state index contributed by atoms with van der Waals surface area (Å²) < 4.78 is 31.1. The van der Waals surface area contributed by atoms with Crippen molar-refractivity contribution < 1.29 is 28.2 Å². The number of amides is 1. The molecule has 0 aliphatic heterocycles. The van der Waals surface area contributed by atoms with E-state index in [-0.39, 0.29) is 36.4 Å². The average Bonchev–Trinajstić information content (AvgIpc) is 2.60. The fraction of sp³-hybridized carbons (Fsp3) is 0.263. The highest BCUT2D eigenvalue weighted by molar-refractivity contribution is 5.78. The van der Waals surface area contributed by atoms with Gasteiger partial charge in [-0.25, -0.2) is 13.6 Å². The second-order valence-electron chi connectivity index (χ2n) is 5.86. The summed E-state index contributed by atoms with van der Waals surface area (Å²) in [6.07, 6.45) is -1.18. The van der Waals surface area contributed by atoms with Crippen molar-refractivity contribution in [1.29, 1.82) is 0 Å². The van der Waals surface area contributed by atoms with Gasteiger partial charge in [-0.2, -0.15) is 0 Å². The van der Waals surface area contributed by atoms with Gasteiger partial charge in [0, 0.05) is 6.42 Å². The molecule has 138 valence electrons. The monoisotopic (exact) mass is 363 g/mol. The Hall–Kier alpha value is -2.96. The maximum atomic E-state index is 12.9. The van der Waals surface area contributed by atoms with Crippen LogP contribution in [-0.2, 0) is 9.59 Å². The lowest BCUT2D eigenvalue weighted by atomic mass is 9.97. The average molecular weight is 363 g/mol. The minimum atomic E-state index is -1.30. The lowest BCUT2D eigenvalue weighted by Crippen LogP contribution is -2.40. The summed E-state index contributed by atoms with van der Waals surface area (Å²) >= 11 is 0. The van der Waals surface area contributed by atoms with Crippen molar-refractivity contribution in [3.05, 3.63) is 65.7 Å². The number of ether oxygens (including phenoxy) is 1. The predicted molar refractivity (Wildman–Crippen MR) is 90.9 cm³/mol. The van der Waals surface area contributed by atoms with Crippen LogP contribution in [0.2, 0.25) is 0 Å². The van der Waals surface area contributed by atoms with Crippen LogP contribution in [0, 0.1) is 11.6 Å². The molecule has 0 spiro atoms. The van der Waals surface area contributed by atoms with E-state index in [1.165, 1.54) is 24.3 Å². The summed E-state index contributed by atoms with van der Waals surface area (Å²) in [5, 5.41) is 11.7. The van der Waals surface area contributed by atoms with Gasteiger partial charge in [0.15, 0.2) is 0 Å². The Labute approximate surface area is 149 Å². The zero-order valence-electron chi connectivity index (χ0n) is 14.1. The molecule has 2 aromatic rings. The quantitative estimate of drug-likeness (QED) is 0.756. The molecule has 0 fully saturated rings. The molecule has 0 saturated carbocycles. The zero-order valence-corrected chi connectivity index (χ0v) is 14.1. The molecule has 2 aromatic carbocycles. The van der Waals surface area contributed by atoms with Crippen LogP contribution >= 0.6 is 0 Å². The molecular weight excluding hydrogens is 344 g/mol. The van der Waals surface area contributed by atoms with Crippen molar-refractivity contribution in [3.8, 4) is 5.75 Å². The molecule has 0 radical (unpaired) electrons. The second kappa shape index (κ2) is 8.94. The highest BCUT2D eigenvalue weighted by Crippen LogP contribution is 2.19. The van der Waals surface area contributed by atoms with E-state index in [0.29, 0.717) is 0 Å². The number of carbonyl (C=O) groups excluding carboxylic acids is 1. The highest BCUT2D eigenvalue weighted by Gasteiger charge is 2.21. The number of carboxylic acids is 1. The fourth-order valence-corrected chi connectivity index (χ4v) is 2.32. The molecule has 7 heteroatoms. The Morgan fingerprint density at radius 1 is 1.04 bits per heavy atom. The van der Waals surface area contributed by atoms with Crippen molar-refractivity contribution in [3.63, 3.8) is 0 Å². The lowest BCUT2D eigenvalue weighted by Gasteiger charge is -2.17. The number of carbonyl (C=O) groups is 2. The standard InChI is InChI=1S/C19H19F2NO4/c1-12(13-2-4-14(20)5-3-13)10-18(23)22-11-17(19(24)25)26-16-8-6-15(21)7-9-16/h2-9,12,17H,10-11H2,1H3,(H,22,23)(H,24,25). The van der Waals surface area contributed by atoms with Gasteiger partial charge in [-0.3, -0.25) is 4.79 Å². The van der Waals surface area contributed by atoms with Crippen LogP contribution in [-0.4, -0.2) is 29.6 Å². The first-order valence-electron chi connectivity index (χ1n) is 8.02. The topological polar surface area (TPSA) is 75.6 Å². The number of benzene rings is 2. The number of hydrogen-bond acceptors (Lipinski definition) is 3. The molecule has 0 aliphatic carbocycles. The van der Waals surface area contributed by atoms with E-state index in [9.17, 15) is 23.5 Å². The van der Waals surface area contributed by atoms with Crippen LogP contribution in [0.1, 0.15) is 24.8 Å². The summed E-state index contributed by atoms with van der Waals surface area (Å²) in [7, 11) is 0. The van der Waals surface area contributed by atoms with Gasteiger partial charge in [-0.15, -0.1) is 0 Å². The summed E-state index contributed by atoms with van der Waals surface area (Å²) in [4.78, 5) is 23.3. The summed E-state index contributed by atoms with van der Waals surface area (Å²) in [5.74, 6) is -2.39. The molecular formula is C19H19F2NO4. The number of rotatable bonds is 8. The third-order valence-electron chi connectivity index (χ3n) is 3.78. The van der Waals surface area contributed by atoms with Crippen LogP contribution < -0.4 is 10.1 Å². The SMILES string of the molecule is CC(CC(=O)NCC(Oc1ccc(F)cc1)C(=O)O)c1ccc(F)cc1. The Kier molecular flexibility index (Phi) is 6.66. The molecule has 0 saturated heterocycles. The van der Waals surface area contributed by atoms with Gasteiger partial charge in [-0.1, -0.05) is 19.1 Å². The van der Waals surface area contributed by atoms with E-state index in [2.05, 4.69) is 5.32 Å². The molecule has 0 heterocycles. The van der Waals surface area contributed by atoms with Crippen LogP contribution in [0.4, 0.5) is 8.78 Å². The van der Waals surface area contributed by atoms with E-state index < -0.39 is 17.9 Å². The molecule has 0 aromatic heterocycles. The van der Waals surface area contributed by atoms with Gasteiger partial charge in [0.05, 0.1) is 6.54 Å². The van der Waals surface area contributed by atoms with Gasteiger partial charge in [0.25, 0.3) is 0 Å². The molecule has 1 amide bonds. The van der Waals surface area contributed by atoms with E-state index >= 15 is 0 Å². The Bertz CT molecular complexity index is 747. The fourth-order valence-electron chi connectivity index (χ4n) is 2.32. The van der Waals surface area contributed by atoms with E-state index in [1.807, 2.05) is 6.92 Å². The molecule has 5 nitrogen and oxygen atoms in total. The zero-order chi connectivity index (χ0) is 19.1. The summed E-state index contributed by atoms with van der Waals surface area (Å²) in [5.41, 5.74) is 0.805. The molecule has 0 bridgehead atoms. The molecule has 2 N–H and O–H groups in total. The first-order chi connectivity index (χ1) is 12.3. The van der Waals surface area contributed by atoms with Crippen LogP contribution in [0.3, 0.4) is 0 Å². The first kappa shape index (κ1) is 19.4. The minimum absolute atomic E-state index is 0.120. The lowest BCUT2D eigenvalue weighted by molar-refractivity contribution is -0.145. The maximum Gasteiger partial charge on any atom is 0.346 e. The van der Waals surface area contributed by atoms with Gasteiger partial charge in [0.1, 0.15) is 17.4 Å². The van der Waals surface area contributed by atoms with Gasteiger partial charge >= 0.3 is 5.97 Å². The van der Waals surface area contributed by atoms with Gasteiger partial charge in [-0.05, 0) is 47.9 Å². The Balaban J connectivity index is 1.87. The van der Waals surface area contributed by atoms with Crippen molar-refractivity contribution in [2.45, 2.75) is 25.4 Å². The van der Waals surface area contributed by atoms with E-state index in [4.69, 9.17) is 4.74 Å². The van der Waals surface area contributed by atoms with Crippen molar-refractivity contribution in [2.24, 2.45) is 0 Å². The van der Waals surface area contributed by atoms with Crippen LogP contribution in [0.5, 0.6) is 5.75 Å². The molecule has 0 aliphatic rings. The molecule has 26 heavy (non-hydrogen) atoms. The van der Waals surface area contributed by atoms with Crippen molar-refractivity contribution in [2.75, 3.05) is 6.54 Å². The van der Waals surface area contributed by atoms with Crippen molar-refractivity contribution >= 4 is 11.9 Å². The van der Waals surface area contributed by atoms with Crippen molar-refractivity contribution in [1.82, 2.24) is 5.32 Å². The third kappa shape index (κ3) is 5.84. The summed E-state index contributed by atoms with van der Waals surface area (Å²) in [6.45, 7) is 1.58. The highest BCUT2D eigenvalue weighted by atomic mass is 19.1. The molecule has 2 atom stereocenters. The van der Waals surface area contributed by atoms with Gasteiger partial charge < -0.3 is 15.2 Å². The number of carboxylic acid groups (broad SMARTS) is 1. The second-order valence-corrected chi connectivity index (χ2v) is 5.86. The number of nitrogens with one attached hydrogen (secondary N) is 1. The van der Waals surface area contributed by atoms with Gasteiger partial charge in [0.2, 0.25) is 12.0 Å². The smallest absolute Gasteiger partial charge is 0.346 e. The normalized spacial score (nSPS) is 12.9. The van der Waals surface area contributed by atoms with E-state index in [0.717, 1.165) is 17.7 Å². The third-order valence-corrected chi connectivity index (χ3v) is 3.78. The predicted octanol–water partition coefficient (Wildman–Crippen LogP) is 3.11. The largest absolute Gasteiger partial charge is 0.478 e. The first-order valence-corrected chi connectivity index (χ1v) is 8.02. The number of halogens is 2. The molecule has 2 unspecified atom stereocenters. The number of aliphatic carboxylic acids is 1. The number of hydrogen-bond donors (Lipinski definition) is 2. The summed E-state index contributed by atoms with van der Waals surface area (Å²) in [6, 6.07) is 10.8.